The van der Waals surface area contributed by atoms with Crippen molar-refractivity contribution in [3.63, 3.8) is 0 Å². The molecule has 0 radical (unpaired) electrons. The molecule has 0 aromatic heterocycles. The van der Waals surface area contributed by atoms with Crippen LogP contribution in [0.5, 0.6) is 0 Å². The van der Waals surface area contributed by atoms with Gasteiger partial charge >= 0.3 is 11.9 Å². The Balaban J connectivity index is 0. The fourth-order valence-corrected chi connectivity index (χ4v) is 3.18. The summed E-state index contributed by atoms with van der Waals surface area (Å²) in [6.07, 6.45) is 1.53. The van der Waals surface area contributed by atoms with Gasteiger partial charge in [-0.1, -0.05) is 48.0 Å². The molecular formula is C10H16BrF5O4S. The highest BCUT2D eigenvalue weighted by Gasteiger charge is 2.64. The summed E-state index contributed by atoms with van der Waals surface area (Å²) in [4.78, 5) is 18.5. The molecule has 11 heteroatoms. The molecule has 0 aliphatic carbocycles. The van der Waals surface area contributed by atoms with E-state index in [9.17, 15) is 29.0 Å². The van der Waals surface area contributed by atoms with Crippen LogP contribution in [0.1, 0.15) is 13.8 Å². The number of alkyl halides is 1. The minimum atomic E-state index is -9.42. The Bertz CT molecular complexity index is 383. The maximum absolute atomic E-state index is 11.8. The number of hydrogen-bond acceptors (Lipinski definition) is 4. The van der Waals surface area contributed by atoms with Crippen molar-refractivity contribution in [2.45, 2.75) is 18.7 Å². The van der Waals surface area contributed by atoms with E-state index < -0.39 is 33.4 Å². The predicted molar refractivity (Wildman–Crippen MR) is 74.2 cm³/mol. The Morgan fingerprint density at radius 2 is 1.57 bits per heavy atom. The molecule has 0 rings (SSSR count). The monoisotopic (exact) mass is 406 g/mol. The van der Waals surface area contributed by atoms with Gasteiger partial charge in [-0.25, -0.2) is 0 Å². The maximum Gasteiger partial charge on any atom is 0.302 e. The zero-order valence-corrected chi connectivity index (χ0v) is 13.7. The van der Waals surface area contributed by atoms with Crippen LogP contribution in [0, 0.1) is 0 Å². The Labute approximate surface area is 127 Å². The molecule has 0 heterocycles. The zero-order valence-electron chi connectivity index (χ0n) is 11.3. The molecule has 0 bridgehead atoms. The Morgan fingerprint density at radius 1 is 1.14 bits per heavy atom. The summed E-state index contributed by atoms with van der Waals surface area (Å²) in [7, 11) is -9.42. The van der Waals surface area contributed by atoms with Crippen LogP contribution in [0.25, 0.3) is 0 Å². The first kappa shape index (κ1) is 22.4. The average molecular weight is 407 g/mol. The van der Waals surface area contributed by atoms with Crippen LogP contribution in [0.2, 0.25) is 0 Å². The average Bonchev–Trinajstić information content (AvgIpc) is 2.20. The van der Waals surface area contributed by atoms with Gasteiger partial charge in [0.1, 0.15) is 19.0 Å². The second kappa shape index (κ2) is 7.43. The first-order valence-corrected chi connectivity index (χ1v) is 8.34. The van der Waals surface area contributed by atoms with Gasteiger partial charge in [-0.2, -0.15) is 0 Å². The normalized spacial score (nSPS) is 15.4. The molecule has 128 valence electrons. The van der Waals surface area contributed by atoms with Gasteiger partial charge in [-0.3, -0.25) is 9.59 Å². The lowest BCUT2D eigenvalue weighted by atomic mass is 10.5. The molecule has 4 nitrogen and oxygen atoms in total. The quantitative estimate of drug-likeness (QED) is 0.285. The summed E-state index contributed by atoms with van der Waals surface area (Å²) < 4.78 is 67.7. The molecule has 0 N–H and O–H groups in total. The van der Waals surface area contributed by atoms with Crippen molar-refractivity contribution in [3.8, 4) is 0 Å². The number of rotatable bonds is 6. The molecule has 0 saturated carbocycles. The largest absolute Gasteiger partial charge is 0.465 e. The Morgan fingerprint density at radius 3 is 1.81 bits per heavy atom. The highest BCUT2D eigenvalue weighted by atomic mass is 79.9. The van der Waals surface area contributed by atoms with Crippen molar-refractivity contribution in [2.24, 2.45) is 0 Å². The van der Waals surface area contributed by atoms with Gasteiger partial charge in [0, 0.05) is 13.8 Å². The summed E-state index contributed by atoms with van der Waals surface area (Å²) in [6.45, 7) is 5.27. The van der Waals surface area contributed by atoms with Crippen LogP contribution in [-0.4, -0.2) is 35.7 Å². The van der Waals surface area contributed by atoms with Gasteiger partial charge in [-0.05, 0) is 0 Å². The molecule has 0 aromatic carbocycles. The highest BCUT2D eigenvalue weighted by Crippen LogP contribution is 2.98. The second-order valence-electron chi connectivity index (χ2n) is 3.79. The lowest BCUT2D eigenvalue weighted by Gasteiger charge is -2.41. The van der Waals surface area contributed by atoms with E-state index >= 15 is 0 Å². The molecule has 0 aromatic rings. The lowest BCUT2D eigenvalue weighted by molar-refractivity contribution is -0.141. The lowest BCUT2D eigenvalue weighted by Crippen LogP contribution is -2.24. The van der Waals surface area contributed by atoms with E-state index in [4.69, 9.17) is 0 Å². The molecule has 21 heavy (non-hydrogen) atoms. The molecule has 0 saturated heterocycles. The number of carbonyl (C=O) groups is 2. The van der Waals surface area contributed by atoms with E-state index in [1.54, 1.807) is 0 Å². The van der Waals surface area contributed by atoms with Crippen LogP contribution >= 0.6 is 26.2 Å². The van der Waals surface area contributed by atoms with Crippen LogP contribution < -0.4 is 0 Å². The fourth-order valence-electron chi connectivity index (χ4n) is 0.774. The van der Waals surface area contributed by atoms with Gasteiger partial charge in [0.15, 0.2) is 0 Å². The zero-order chi connectivity index (χ0) is 17.4. The van der Waals surface area contributed by atoms with E-state index in [0.29, 0.717) is 6.61 Å². The van der Waals surface area contributed by atoms with Crippen molar-refractivity contribution in [2.75, 3.05) is 19.0 Å². The number of halogens is 6. The Hall–Kier alpha value is -0.840. The summed E-state index contributed by atoms with van der Waals surface area (Å²) in [5, 5.41) is 0. The van der Waals surface area contributed by atoms with E-state index in [-0.39, 0.29) is 5.97 Å². The smallest absolute Gasteiger partial charge is 0.302 e. The van der Waals surface area contributed by atoms with Crippen molar-refractivity contribution in [1.29, 1.82) is 0 Å². The van der Waals surface area contributed by atoms with Gasteiger partial charge in [-0.15, -0.1) is 0 Å². The molecular weight excluding hydrogens is 391 g/mol. The SMILES string of the molecule is C=CCOC(C)=O.CC(=O)OCC(Br)CS(F)(F)(F)(F)F. The second-order valence-corrected chi connectivity index (χ2v) is 7.67. The van der Waals surface area contributed by atoms with Crippen LogP contribution in [-0.2, 0) is 19.1 Å². The van der Waals surface area contributed by atoms with Crippen molar-refractivity contribution < 1.29 is 38.5 Å². The number of ether oxygens (including phenoxy) is 2. The highest BCUT2D eigenvalue weighted by molar-refractivity contribution is 9.09. The number of esters is 2. The van der Waals surface area contributed by atoms with E-state index in [1.165, 1.54) is 13.0 Å². The van der Waals surface area contributed by atoms with Crippen molar-refractivity contribution in [1.82, 2.24) is 0 Å². The molecule has 0 amide bonds. The summed E-state index contributed by atoms with van der Waals surface area (Å²) >= 11 is 2.36. The third-order valence-corrected chi connectivity index (χ3v) is 3.42. The van der Waals surface area contributed by atoms with Gasteiger partial charge in [0.2, 0.25) is 0 Å². The van der Waals surface area contributed by atoms with Crippen molar-refractivity contribution in [3.05, 3.63) is 12.7 Å². The summed E-state index contributed by atoms with van der Waals surface area (Å²) in [5.41, 5.74) is 0. The van der Waals surface area contributed by atoms with E-state index in [2.05, 4.69) is 32.0 Å². The minimum Gasteiger partial charge on any atom is -0.465 e. The van der Waals surface area contributed by atoms with Crippen LogP contribution in [0.4, 0.5) is 19.4 Å². The van der Waals surface area contributed by atoms with Crippen LogP contribution in [0.3, 0.4) is 0 Å². The van der Waals surface area contributed by atoms with E-state index in [0.717, 1.165) is 6.92 Å². The predicted octanol–water partition coefficient (Wildman–Crippen LogP) is 4.35. The maximum atomic E-state index is 11.8. The summed E-state index contributed by atoms with van der Waals surface area (Å²) in [6, 6.07) is 0. The van der Waals surface area contributed by atoms with Crippen molar-refractivity contribution >= 4 is 38.1 Å². The Kier molecular flexibility index (Phi) is 7.94. The number of carbonyl (C=O) groups excluding carboxylic acids is 2. The molecule has 1 atom stereocenters. The molecule has 0 spiro atoms. The molecule has 1 unspecified atom stereocenters. The van der Waals surface area contributed by atoms with Gasteiger partial charge in [0.25, 0.3) is 10.2 Å². The topological polar surface area (TPSA) is 52.6 Å². The third kappa shape index (κ3) is 24.5. The fraction of sp³-hybridized carbons (Fsp3) is 0.600. The first-order chi connectivity index (χ1) is 9.06. The van der Waals surface area contributed by atoms with Crippen LogP contribution in [0.15, 0.2) is 12.7 Å². The summed E-state index contributed by atoms with van der Waals surface area (Å²) in [5.74, 6) is -3.37. The molecule has 0 aliphatic heterocycles. The van der Waals surface area contributed by atoms with Gasteiger partial charge < -0.3 is 9.47 Å². The number of hydrogen-bond donors (Lipinski definition) is 0. The molecule has 0 aliphatic rings. The molecule has 0 fully saturated rings. The third-order valence-electron chi connectivity index (χ3n) is 1.37. The van der Waals surface area contributed by atoms with Gasteiger partial charge in [0.05, 0.1) is 4.83 Å². The minimum absolute atomic E-state index is 0.264. The standard InChI is InChI=1S/C5H8BrF5O2S.C5H8O2/c1-4(12)13-2-5(6)3-14(7,8,9,10)11;1-3-4-7-5(2)6/h5H,2-3H2,1H3;3H,1,4H2,2H3. The first-order valence-electron chi connectivity index (χ1n) is 5.31. The van der Waals surface area contributed by atoms with E-state index in [1.807, 2.05) is 0 Å².